The lowest BCUT2D eigenvalue weighted by Crippen LogP contribution is -2.30. The molecule has 1 N–H and O–H groups in total. The number of aromatic nitrogens is 1. The third-order valence-electron chi connectivity index (χ3n) is 3.10. The molecule has 0 spiro atoms. The predicted octanol–water partition coefficient (Wildman–Crippen LogP) is 1.48. The van der Waals surface area contributed by atoms with Gasteiger partial charge in [-0.05, 0) is 12.1 Å². The molecule has 8 nitrogen and oxygen atoms in total. The summed E-state index contributed by atoms with van der Waals surface area (Å²) < 4.78 is 30.4. The fourth-order valence-electron chi connectivity index (χ4n) is 2.00. The van der Waals surface area contributed by atoms with Crippen LogP contribution in [0.25, 0.3) is 10.9 Å². The highest BCUT2D eigenvalue weighted by molar-refractivity contribution is 7.74. The van der Waals surface area contributed by atoms with Crippen LogP contribution in [-0.4, -0.2) is 37.3 Å². The number of ether oxygens (including phenoxy) is 1. The molecule has 0 aliphatic heterocycles. The van der Waals surface area contributed by atoms with E-state index in [0.29, 0.717) is 21.7 Å². The summed E-state index contributed by atoms with van der Waals surface area (Å²) in [6, 6.07) is 7.13. The van der Waals surface area contributed by atoms with Gasteiger partial charge in [0, 0.05) is 25.1 Å². The first-order chi connectivity index (χ1) is 10.9. The second-order valence-electron chi connectivity index (χ2n) is 4.65. The number of rotatable bonds is 6. The summed E-state index contributed by atoms with van der Waals surface area (Å²) in [5.74, 6) is -0.563. The Morgan fingerprint density at radius 1 is 1.35 bits per heavy atom. The van der Waals surface area contributed by atoms with Crippen LogP contribution in [0.1, 0.15) is 13.3 Å². The minimum Gasteiger partial charge on any atom is -0.424 e. The van der Waals surface area contributed by atoms with E-state index in [1.54, 1.807) is 42.0 Å². The van der Waals surface area contributed by atoms with Gasteiger partial charge in [-0.1, -0.05) is 19.1 Å². The van der Waals surface area contributed by atoms with E-state index in [1.807, 2.05) is 0 Å². The van der Waals surface area contributed by atoms with Crippen molar-refractivity contribution >= 4 is 34.1 Å². The molecule has 0 radical (unpaired) electrons. The zero-order chi connectivity index (χ0) is 17.0. The maximum atomic E-state index is 12.0. The Balaban J connectivity index is 2.28. The van der Waals surface area contributed by atoms with Crippen LogP contribution < -0.4 is 4.74 Å². The number of likely N-dealkylation sites (N-methyl/N-ethyl adjacent to an activating group) is 1. The molecule has 9 heteroatoms. The number of benzene rings is 1. The van der Waals surface area contributed by atoms with Gasteiger partial charge in [-0.25, -0.2) is 5.06 Å². The molecule has 124 valence electrons. The molecule has 0 saturated carbocycles. The zero-order valence-corrected chi connectivity index (χ0v) is 13.4. The first kappa shape index (κ1) is 17.1. The van der Waals surface area contributed by atoms with Gasteiger partial charge in [0.25, 0.3) is 5.91 Å². The smallest absolute Gasteiger partial charge is 0.325 e. The summed E-state index contributed by atoms with van der Waals surface area (Å²) >= 11 is -2.58. The SMILES string of the molecule is CCC(=O)Oc1cn(CC(=O)N(C)OS(=O)O)c2ccccc12. The van der Waals surface area contributed by atoms with Gasteiger partial charge in [0.2, 0.25) is 0 Å². The quantitative estimate of drug-likeness (QED) is 0.486. The first-order valence-corrected chi connectivity index (χ1v) is 7.80. The summed E-state index contributed by atoms with van der Waals surface area (Å²) in [7, 11) is 1.24. The maximum Gasteiger partial charge on any atom is 0.325 e. The van der Waals surface area contributed by atoms with Crippen molar-refractivity contribution in [1.82, 2.24) is 9.63 Å². The van der Waals surface area contributed by atoms with Crippen molar-refractivity contribution in [2.75, 3.05) is 7.05 Å². The van der Waals surface area contributed by atoms with Gasteiger partial charge in [-0.2, -0.15) is 4.21 Å². The summed E-state index contributed by atoms with van der Waals surface area (Å²) in [5, 5.41) is 1.37. The van der Waals surface area contributed by atoms with Crippen LogP contribution in [0.3, 0.4) is 0 Å². The highest BCUT2D eigenvalue weighted by atomic mass is 32.2. The van der Waals surface area contributed by atoms with Crippen LogP contribution in [0.2, 0.25) is 0 Å². The standard InChI is InChI=1S/C14H16N2O6S/c1-3-14(18)21-12-8-16(11-7-5-4-6-10(11)12)9-13(17)15(2)22-23(19)20/h4-8H,3,9H2,1-2H3,(H,19,20). The molecule has 1 atom stereocenters. The van der Waals surface area contributed by atoms with Crippen molar-refractivity contribution in [3.05, 3.63) is 30.5 Å². The van der Waals surface area contributed by atoms with Crippen molar-refractivity contribution in [3.63, 3.8) is 0 Å². The van der Waals surface area contributed by atoms with Crippen LogP contribution in [0, 0.1) is 0 Å². The highest BCUT2D eigenvalue weighted by Crippen LogP contribution is 2.28. The van der Waals surface area contributed by atoms with Gasteiger partial charge in [0.1, 0.15) is 6.54 Å². The molecule has 1 aromatic heterocycles. The molecule has 0 aliphatic carbocycles. The Bertz CT molecular complexity index is 757. The predicted molar refractivity (Wildman–Crippen MR) is 82.5 cm³/mol. The summed E-state index contributed by atoms with van der Waals surface area (Å²) in [4.78, 5) is 23.5. The number of hydrogen-bond acceptors (Lipinski definition) is 5. The number of esters is 1. The third kappa shape index (κ3) is 4.15. The molecule has 2 aromatic rings. The van der Waals surface area contributed by atoms with E-state index in [0.717, 1.165) is 0 Å². The average molecular weight is 340 g/mol. The maximum absolute atomic E-state index is 12.0. The van der Waals surface area contributed by atoms with E-state index >= 15 is 0 Å². The lowest BCUT2D eigenvalue weighted by atomic mass is 10.2. The van der Waals surface area contributed by atoms with Crippen molar-refractivity contribution in [1.29, 1.82) is 0 Å². The average Bonchev–Trinajstić information content (AvgIpc) is 2.84. The van der Waals surface area contributed by atoms with Crippen molar-refractivity contribution in [2.24, 2.45) is 0 Å². The van der Waals surface area contributed by atoms with Gasteiger partial charge in [0.15, 0.2) is 5.75 Å². The van der Waals surface area contributed by atoms with E-state index in [1.165, 1.54) is 7.05 Å². The number of amides is 1. The van der Waals surface area contributed by atoms with Crippen molar-refractivity contribution < 1.29 is 27.4 Å². The molecular weight excluding hydrogens is 324 g/mol. The van der Waals surface area contributed by atoms with Gasteiger partial charge < -0.3 is 9.30 Å². The van der Waals surface area contributed by atoms with E-state index in [4.69, 9.17) is 9.29 Å². The molecule has 0 fully saturated rings. The Labute approximate surface area is 135 Å². The molecule has 0 aliphatic rings. The van der Waals surface area contributed by atoms with Gasteiger partial charge in [0.05, 0.1) is 5.52 Å². The van der Waals surface area contributed by atoms with Crippen LogP contribution in [0.15, 0.2) is 30.5 Å². The van der Waals surface area contributed by atoms with Gasteiger partial charge in [-0.15, -0.1) is 4.28 Å². The lowest BCUT2D eigenvalue weighted by Gasteiger charge is -2.13. The first-order valence-electron chi connectivity index (χ1n) is 6.76. The normalized spacial score (nSPS) is 12.1. The fraction of sp³-hybridized carbons (Fsp3) is 0.286. The zero-order valence-electron chi connectivity index (χ0n) is 12.6. The molecule has 1 unspecified atom stereocenters. The van der Waals surface area contributed by atoms with Crippen LogP contribution in [0.4, 0.5) is 0 Å². The number of hydrogen-bond donors (Lipinski definition) is 1. The highest BCUT2D eigenvalue weighted by Gasteiger charge is 2.17. The summed E-state index contributed by atoms with van der Waals surface area (Å²) in [5.41, 5.74) is 0.693. The number of nitrogens with zero attached hydrogens (tertiary/aromatic N) is 2. The molecule has 23 heavy (non-hydrogen) atoms. The summed E-state index contributed by atoms with van der Waals surface area (Å²) in [6.45, 7) is 1.55. The minimum absolute atomic E-state index is 0.141. The number of carbonyl (C=O) groups excluding carboxylic acids is 2. The summed E-state index contributed by atoms with van der Waals surface area (Å²) in [6.07, 6.45) is 1.78. The monoisotopic (exact) mass is 340 g/mol. The van der Waals surface area contributed by atoms with E-state index in [2.05, 4.69) is 4.28 Å². The van der Waals surface area contributed by atoms with Crippen LogP contribution >= 0.6 is 0 Å². The number of hydroxylamine groups is 2. The van der Waals surface area contributed by atoms with Crippen LogP contribution in [0.5, 0.6) is 5.75 Å². The van der Waals surface area contributed by atoms with Crippen LogP contribution in [-0.2, 0) is 31.8 Å². The Morgan fingerprint density at radius 2 is 2.04 bits per heavy atom. The Kier molecular flexibility index (Phi) is 5.48. The van der Waals surface area contributed by atoms with E-state index in [9.17, 15) is 13.8 Å². The number of carbonyl (C=O) groups is 2. The lowest BCUT2D eigenvalue weighted by molar-refractivity contribution is -0.152. The fourth-order valence-corrected chi connectivity index (χ4v) is 2.28. The molecule has 1 aromatic carbocycles. The third-order valence-corrected chi connectivity index (χ3v) is 3.45. The van der Waals surface area contributed by atoms with Gasteiger partial charge in [-0.3, -0.25) is 14.1 Å². The largest absolute Gasteiger partial charge is 0.424 e. The van der Waals surface area contributed by atoms with E-state index in [-0.39, 0.29) is 18.9 Å². The van der Waals surface area contributed by atoms with E-state index < -0.39 is 17.3 Å². The molecule has 0 saturated heterocycles. The molecular formula is C14H16N2O6S. The Hall–Kier alpha value is -2.23. The molecule has 1 amide bonds. The Morgan fingerprint density at radius 3 is 2.70 bits per heavy atom. The second kappa shape index (κ2) is 7.36. The molecule has 1 heterocycles. The second-order valence-corrected chi connectivity index (χ2v) is 5.23. The number of fused-ring (bicyclic) bond motifs is 1. The minimum atomic E-state index is -2.58. The topological polar surface area (TPSA) is 98.1 Å². The van der Waals surface area contributed by atoms with Gasteiger partial charge >= 0.3 is 17.3 Å². The molecule has 0 bridgehead atoms. The van der Waals surface area contributed by atoms with Crippen molar-refractivity contribution in [3.8, 4) is 5.75 Å². The van der Waals surface area contributed by atoms with Crippen molar-refractivity contribution in [2.45, 2.75) is 19.9 Å². The number of para-hydroxylation sites is 1. The molecule has 2 rings (SSSR count).